The number of nitrogens with one attached hydrogen (secondary N) is 1. The highest BCUT2D eigenvalue weighted by molar-refractivity contribution is 5.48. The van der Waals surface area contributed by atoms with E-state index < -0.39 is 0 Å². The van der Waals surface area contributed by atoms with Crippen LogP contribution in [0.15, 0.2) is 36.4 Å². The molecular formula is C17H26N2O2. The van der Waals surface area contributed by atoms with Crippen LogP contribution >= 0.6 is 0 Å². The van der Waals surface area contributed by atoms with Gasteiger partial charge in [-0.1, -0.05) is 42.5 Å². The molecule has 1 aromatic rings. The molecule has 4 nitrogen and oxygen atoms in total. The summed E-state index contributed by atoms with van der Waals surface area (Å²) >= 11 is 0. The van der Waals surface area contributed by atoms with Crippen LogP contribution in [0.25, 0.3) is 6.08 Å². The molecule has 0 spiro atoms. The monoisotopic (exact) mass is 290 g/mol. The van der Waals surface area contributed by atoms with E-state index in [2.05, 4.69) is 34.5 Å². The minimum absolute atomic E-state index is 0.0533. The first-order valence-corrected chi connectivity index (χ1v) is 7.74. The van der Waals surface area contributed by atoms with Crippen molar-refractivity contribution in [3.63, 3.8) is 0 Å². The second kappa shape index (κ2) is 8.95. The lowest BCUT2D eigenvalue weighted by molar-refractivity contribution is 0.131. The molecule has 1 aromatic carbocycles. The molecule has 1 aliphatic rings. The maximum atomic E-state index is 9.49. The number of rotatable bonds is 8. The Bertz CT molecular complexity index is 422. The first-order chi connectivity index (χ1) is 10.3. The van der Waals surface area contributed by atoms with E-state index in [1.807, 2.05) is 18.2 Å². The number of hydrogen-bond acceptors (Lipinski definition) is 4. The molecule has 0 amide bonds. The molecule has 0 saturated carbocycles. The van der Waals surface area contributed by atoms with Crippen molar-refractivity contribution < 1.29 is 10.2 Å². The summed E-state index contributed by atoms with van der Waals surface area (Å²) in [7, 11) is 0. The predicted molar refractivity (Wildman–Crippen MR) is 86.0 cm³/mol. The van der Waals surface area contributed by atoms with Crippen LogP contribution in [0.4, 0.5) is 0 Å². The van der Waals surface area contributed by atoms with Crippen LogP contribution in [0.2, 0.25) is 0 Å². The zero-order valence-corrected chi connectivity index (χ0v) is 12.5. The molecule has 0 bridgehead atoms. The number of hydrogen-bond donors (Lipinski definition) is 3. The van der Waals surface area contributed by atoms with E-state index in [1.165, 1.54) is 5.56 Å². The molecule has 2 atom stereocenters. The van der Waals surface area contributed by atoms with Gasteiger partial charge in [0.1, 0.15) is 0 Å². The van der Waals surface area contributed by atoms with Gasteiger partial charge < -0.3 is 15.5 Å². The largest absolute Gasteiger partial charge is 0.395 e. The normalized spacial score (nSPS) is 21.1. The highest BCUT2D eigenvalue weighted by Gasteiger charge is 2.25. The van der Waals surface area contributed by atoms with Crippen molar-refractivity contribution in [2.45, 2.75) is 24.9 Å². The lowest BCUT2D eigenvalue weighted by atomic mass is 10.2. The average molecular weight is 290 g/mol. The Morgan fingerprint density at radius 2 is 2.10 bits per heavy atom. The van der Waals surface area contributed by atoms with Crippen molar-refractivity contribution in [2.75, 3.05) is 32.8 Å². The Hall–Kier alpha value is -1.20. The summed E-state index contributed by atoms with van der Waals surface area (Å²) in [6.07, 6.45) is 6.35. The Morgan fingerprint density at radius 1 is 1.29 bits per heavy atom. The first kappa shape index (κ1) is 16.2. The number of benzene rings is 1. The maximum Gasteiger partial charge on any atom is 0.0597 e. The molecular weight excluding hydrogens is 264 g/mol. The van der Waals surface area contributed by atoms with Gasteiger partial charge in [0, 0.05) is 25.2 Å². The van der Waals surface area contributed by atoms with Crippen LogP contribution in [0.5, 0.6) is 0 Å². The number of aliphatic hydroxyl groups is 2. The molecule has 0 aliphatic carbocycles. The molecule has 116 valence electrons. The van der Waals surface area contributed by atoms with Gasteiger partial charge in [0.05, 0.1) is 13.2 Å². The zero-order chi connectivity index (χ0) is 14.9. The maximum absolute atomic E-state index is 9.49. The van der Waals surface area contributed by atoms with Gasteiger partial charge >= 0.3 is 0 Å². The summed E-state index contributed by atoms with van der Waals surface area (Å²) in [6, 6.07) is 10.5. The van der Waals surface area contributed by atoms with Crippen LogP contribution < -0.4 is 5.32 Å². The van der Waals surface area contributed by atoms with Gasteiger partial charge in [-0.05, 0) is 24.9 Å². The van der Waals surface area contributed by atoms with Gasteiger partial charge in [0.25, 0.3) is 0 Å². The van der Waals surface area contributed by atoms with Gasteiger partial charge in [-0.2, -0.15) is 0 Å². The average Bonchev–Trinajstić information content (AvgIpc) is 2.98. The van der Waals surface area contributed by atoms with Crippen molar-refractivity contribution in [3.05, 3.63) is 42.0 Å². The van der Waals surface area contributed by atoms with Gasteiger partial charge in [-0.3, -0.25) is 4.90 Å². The molecule has 1 heterocycles. The number of likely N-dealkylation sites (tertiary alicyclic amines) is 1. The molecule has 2 unspecified atom stereocenters. The predicted octanol–water partition coefficient (Wildman–Crippen LogP) is 1.11. The van der Waals surface area contributed by atoms with Gasteiger partial charge in [-0.25, -0.2) is 0 Å². The molecule has 1 aliphatic heterocycles. The molecule has 1 fully saturated rings. The fourth-order valence-corrected chi connectivity index (χ4v) is 2.81. The van der Waals surface area contributed by atoms with Crippen LogP contribution in [0.3, 0.4) is 0 Å². The Labute approximate surface area is 127 Å². The van der Waals surface area contributed by atoms with E-state index in [1.54, 1.807) is 0 Å². The number of nitrogens with zero attached hydrogens (tertiary/aromatic N) is 1. The van der Waals surface area contributed by atoms with Crippen LogP contribution in [0, 0.1) is 0 Å². The fourth-order valence-electron chi connectivity index (χ4n) is 2.81. The standard InChI is InChI=1S/C17H26N2O2/c20-13-16(12-19-11-5-9-17(19)14-21)18-10-4-8-15-6-2-1-3-7-15/h1-4,6-8,16-18,20-21H,5,9-14H2/b8-4+. The Morgan fingerprint density at radius 3 is 2.81 bits per heavy atom. The van der Waals surface area contributed by atoms with E-state index in [-0.39, 0.29) is 25.3 Å². The summed E-state index contributed by atoms with van der Waals surface area (Å²) in [6.45, 7) is 2.88. The quantitative estimate of drug-likeness (QED) is 0.671. The summed E-state index contributed by atoms with van der Waals surface area (Å²) < 4.78 is 0. The van der Waals surface area contributed by atoms with Gasteiger partial charge in [-0.15, -0.1) is 0 Å². The van der Waals surface area contributed by atoms with Crippen LogP contribution in [-0.2, 0) is 0 Å². The SMILES string of the molecule is OCC(CN1CCCC1CO)NC/C=C/c1ccccc1. The zero-order valence-electron chi connectivity index (χ0n) is 12.5. The van der Waals surface area contributed by atoms with Crippen LogP contribution in [-0.4, -0.2) is 60.0 Å². The van der Waals surface area contributed by atoms with E-state index >= 15 is 0 Å². The van der Waals surface area contributed by atoms with Gasteiger partial charge in [0.2, 0.25) is 0 Å². The molecule has 0 aromatic heterocycles. The van der Waals surface area contributed by atoms with E-state index in [4.69, 9.17) is 0 Å². The lowest BCUT2D eigenvalue weighted by Gasteiger charge is -2.27. The molecule has 1 saturated heterocycles. The van der Waals surface area contributed by atoms with Crippen LogP contribution in [0.1, 0.15) is 18.4 Å². The smallest absolute Gasteiger partial charge is 0.0597 e. The minimum atomic E-state index is 0.0533. The van der Waals surface area contributed by atoms with Crippen molar-refractivity contribution in [1.29, 1.82) is 0 Å². The Kier molecular flexibility index (Phi) is 6.89. The van der Waals surface area contributed by atoms with E-state index in [0.29, 0.717) is 0 Å². The second-order valence-electron chi connectivity index (χ2n) is 5.57. The van der Waals surface area contributed by atoms with Crippen molar-refractivity contribution in [2.24, 2.45) is 0 Å². The topological polar surface area (TPSA) is 55.7 Å². The molecule has 3 N–H and O–H groups in total. The van der Waals surface area contributed by atoms with Gasteiger partial charge in [0.15, 0.2) is 0 Å². The summed E-state index contributed by atoms with van der Waals surface area (Å²) in [5.41, 5.74) is 1.18. The summed E-state index contributed by atoms with van der Waals surface area (Å²) in [4.78, 5) is 2.27. The summed E-state index contributed by atoms with van der Waals surface area (Å²) in [5.74, 6) is 0. The molecule has 4 heteroatoms. The highest BCUT2D eigenvalue weighted by atomic mass is 16.3. The van der Waals surface area contributed by atoms with Crippen molar-refractivity contribution in [1.82, 2.24) is 10.2 Å². The van der Waals surface area contributed by atoms with Crippen molar-refractivity contribution in [3.8, 4) is 0 Å². The summed E-state index contributed by atoms with van der Waals surface area (Å²) in [5, 5.41) is 22.2. The highest BCUT2D eigenvalue weighted by Crippen LogP contribution is 2.16. The lowest BCUT2D eigenvalue weighted by Crippen LogP contribution is -2.46. The minimum Gasteiger partial charge on any atom is -0.395 e. The third kappa shape index (κ3) is 5.25. The van der Waals surface area contributed by atoms with Crippen molar-refractivity contribution >= 4 is 6.08 Å². The molecule has 2 rings (SSSR count). The Balaban J connectivity index is 1.73. The molecule has 0 radical (unpaired) electrons. The third-order valence-corrected chi connectivity index (χ3v) is 4.02. The second-order valence-corrected chi connectivity index (χ2v) is 5.57. The third-order valence-electron chi connectivity index (χ3n) is 4.02. The molecule has 21 heavy (non-hydrogen) atoms. The first-order valence-electron chi connectivity index (χ1n) is 7.74. The van der Waals surface area contributed by atoms with E-state index in [9.17, 15) is 10.2 Å². The number of aliphatic hydroxyl groups excluding tert-OH is 2. The fraction of sp³-hybridized carbons (Fsp3) is 0.529. The van der Waals surface area contributed by atoms with E-state index in [0.717, 1.165) is 32.5 Å².